The summed E-state index contributed by atoms with van der Waals surface area (Å²) >= 11 is 6.28. The smallest absolute Gasteiger partial charge is 0.352 e. The fourth-order valence-corrected chi connectivity index (χ4v) is 4.41. The lowest BCUT2D eigenvalue weighted by Crippen LogP contribution is -2.32. The Labute approximate surface area is 251 Å². The van der Waals surface area contributed by atoms with E-state index in [1.165, 1.54) is 19.2 Å². The Morgan fingerprint density at radius 1 is 1.16 bits per heavy atom. The molecule has 3 heterocycles. The summed E-state index contributed by atoms with van der Waals surface area (Å²) in [5, 5.41) is 9.39. The average molecular weight is 647 g/mol. The molecule has 1 aliphatic heterocycles. The van der Waals surface area contributed by atoms with E-state index in [9.17, 15) is 36.4 Å². The van der Waals surface area contributed by atoms with E-state index in [-0.39, 0.29) is 47.1 Å². The van der Waals surface area contributed by atoms with Gasteiger partial charge in [-0.1, -0.05) is 11.6 Å². The number of aromatic nitrogens is 3. The quantitative estimate of drug-likeness (QED) is 0.162. The van der Waals surface area contributed by atoms with Crippen LogP contribution in [-0.2, 0) is 21.9 Å². The zero-order chi connectivity index (χ0) is 32.0. The largest absolute Gasteiger partial charge is 0.488 e. The lowest BCUT2D eigenvalue weighted by atomic mass is 10.0. The highest BCUT2D eigenvalue weighted by molar-refractivity contribution is 6.32. The van der Waals surface area contributed by atoms with Crippen molar-refractivity contribution in [1.82, 2.24) is 14.5 Å². The van der Waals surface area contributed by atoms with Crippen LogP contribution in [-0.4, -0.2) is 47.1 Å². The molecule has 1 unspecified atom stereocenters. The summed E-state index contributed by atoms with van der Waals surface area (Å²) in [5.41, 5.74) is -4.07. The first kappa shape index (κ1) is 33.0. The molecule has 2 aromatic heterocycles. The lowest BCUT2D eigenvalue weighted by Gasteiger charge is -2.22. The third kappa shape index (κ3) is 7.61. The van der Waals surface area contributed by atoms with Crippen LogP contribution in [0.25, 0.3) is 0 Å². The maximum absolute atomic E-state index is 14.5. The first-order chi connectivity index (χ1) is 20.9. The lowest BCUT2D eigenvalue weighted by molar-refractivity contribution is -0.165. The molecule has 44 heavy (non-hydrogen) atoms. The van der Waals surface area contributed by atoms with Crippen molar-refractivity contribution >= 4 is 11.6 Å². The molecular formula is C28H25ClF6N4O5. The molecule has 1 aliphatic rings. The van der Waals surface area contributed by atoms with Crippen LogP contribution >= 0.6 is 11.6 Å². The summed E-state index contributed by atoms with van der Waals surface area (Å²) in [5.74, 6) is -6.70. The fourth-order valence-electron chi connectivity index (χ4n) is 4.18. The zero-order valence-electron chi connectivity index (χ0n) is 23.0. The van der Waals surface area contributed by atoms with Crippen molar-refractivity contribution in [1.29, 1.82) is 5.26 Å². The van der Waals surface area contributed by atoms with Gasteiger partial charge in [-0.3, -0.25) is 14.3 Å². The summed E-state index contributed by atoms with van der Waals surface area (Å²) in [6.45, 7) is 1.79. The van der Waals surface area contributed by atoms with Crippen molar-refractivity contribution in [3.8, 4) is 23.3 Å². The number of halogens is 7. The predicted molar refractivity (Wildman–Crippen MR) is 143 cm³/mol. The van der Waals surface area contributed by atoms with Gasteiger partial charge in [0.05, 0.1) is 48.0 Å². The van der Waals surface area contributed by atoms with E-state index < -0.39 is 53.6 Å². The molecule has 9 nitrogen and oxygen atoms in total. The van der Waals surface area contributed by atoms with E-state index >= 15 is 0 Å². The summed E-state index contributed by atoms with van der Waals surface area (Å²) < 4.78 is 105. The highest BCUT2D eigenvalue weighted by atomic mass is 35.5. The molecule has 0 radical (unpaired) electrons. The van der Waals surface area contributed by atoms with Gasteiger partial charge in [0.25, 0.3) is 12.0 Å². The monoisotopic (exact) mass is 646 g/mol. The summed E-state index contributed by atoms with van der Waals surface area (Å²) in [7, 11) is 0. The van der Waals surface area contributed by atoms with Crippen LogP contribution < -0.4 is 15.0 Å². The van der Waals surface area contributed by atoms with Gasteiger partial charge in [0.2, 0.25) is 5.75 Å². The number of benzene rings is 1. The maximum atomic E-state index is 14.5. The molecule has 0 saturated carbocycles. The van der Waals surface area contributed by atoms with E-state index in [4.69, 9.17) is 30.5 Å². The molecule has 4 rings (SSSR count). The maximum Gasteiger partial charge on any atom is 0.352 e. The molecular weight excluding hydrogens is 622 g/mol. The summed E-state index contributed by atoms with van der Waals surface area (Å²) in [6, 6.07) is 4.55. The fraction of sp³-hybridized carbons (Fsp3) is 0.429. The van der Waals surface area contributed by atoms with E-state index in [0.29, 0.717) is 12.9 Å². The number of pyridine rings is 1. The Kier molecular flexibility index (Phi) is 10.7. The van der Waals surface area contributed by atoms with Crippen LogP contribution in [0.1, 0.15) is 53.8 Å². The standard InChI is InChI=1S/C28H25ClF6N4O5/c1-15-17(11-36)8-16(25(30)31)9-20(15)44-23-24(28(34,35)27(32)33)38-14-39(26(23)40)13-18-10-19(29)21(12-37-18)41-6-7-43-22-4-2-3-5-42-22/h8-10,12,14,22,25,27H,2-7,13H2,1H3. The van der Waals surface area contributed by atoms with Crippen molar-refractivity contribution in [2.45, 2.75) is 57.8 Å². The first-order valence-electron chi connectivity index (χ1n) is 13.2. The zero-order valence-corrected chi connectivity index (χ0v) is 23.8. The topological polar surface area (TPSA) is 108 Å². The van der Waals surface area contributed by atoms with Gasteiger partial charge in [0.15, 0.2) is 17.7 Å². The number of ether oxygens (including phenoxy) is 4. The second kappa shape index (κ2) is 14.3. The second-order valence-electron chi connectivity index (χ2n) is 9.61. The minimum atomic E-state index is -4.95. The molecule has 0 amide bonds. The van der Waals surface area contributed by atoms with Crippen LogP contribution in [0, 0.1) is 18.3 Å². The van der Waals surface area contributed by atoms with Crippen LogP contribution in [0.15, 0.2) is 35.5 Å². The Morgan fingerprint density at radius 2 is 1.93 bits per heavy atom. The van der Waals surface area contributed by atoms with E-state index in [2.05, 4.69) is 9.97 Å². The normalized spacial score (nSPS) is 15.4. The molecule has 1 saturated heterocycles. The Hall–Kier alpha value is -3.87. The van der Waals surface area contributed by atoms with Gasteiger partial charge in [-0.25, -0.2) is 22.5 Å². The van der Waals surface area contributed by atoms with E-state index in [1.807, 2.05) is 0 Å². The number of nitrogens with zero attached hydrogens (tertiary/aromatic N) is 4. The minimum Gasteiger partial charge on any atom is -0.488 e. The van der Waals surface area contributed by atoms with Gasteiger partial charge in [-0.2, -0.15) is 14.0 Å². The van der Waals surface area contributed by atoms with Gasteiger partial charge in [0.1, 0.15) is 12.4 Å². The number of hydrogen-bond acceptors (Lipinski definition) is 8. The molecule has 0 aliphatic carbocycles. The molecule has 3 aromatic rings. The van der Waals surface area contributed by atoms with Gasteiger partial charge in [-0.15, -0.1) is 0 Å². The van der Waals surface area contributed by atoms with Crippen LogP contribution in [0.3, 0.4) is 0 Å². The Bertz CT molecular complexity index is 1580. The minimum absolute atomic E-state index is 0.0886. The van der Waals surface area contributed by atoms with Gasteiger partial charge < -0.3 is 18.9 Å². The summed E-state index contributed by atoms with van der Waals surface area (Å²) in [4.78, 5) is 20.8. The van der Waals surface area contributed by atoms with Crippen LogP contribution in [0.5, 0.6) is 17.2 Å². The van der Waals surface area contributed by atoms with E-state index in [1.54, 1.807) is 6.07 Å². The van der Waals surface area contributed by atoms with Crippen molar-refractivity contribution in [3.63, 3.8) is 0 Å². The molecule has 1 atom stereocenters. The first-order valence-corrected chi connectivity index (χ1v) is 13.6. The summed E-state index contributed by atoms with van der Waals surface area (Å²) in [6.07, 6.45) is -3.09. The Balaban J connectivity index is 1.60. The second-order valence-corrected chi connectivity index (χ2v) is 10.0. The SMILES string of the molecule is Cc1c(C#N)cc(C(F)F)cc1Oc1c(C(F)(F)C(F)F)ncn(Cc2cc(Cl)c(OCCOC3CCCCO3)cn2)c1=O. The third-order valence-electron chi connectivity index (χ3n) is 6.54. The number of hydrogen-bond donors (Lipinski definition) is 0. The highest BCUT2D eigenvalue weighted by Crippen LogP contribution is 2.40. The average Bonchev–Trinajstić information content (AvgIpc) is 2.99. The van der Waals surface area contributed by atoms with Crippen LogP contribution in [0.2, 0.25) is 5.02 Å². The van der Waals surface area contributed by atoms with Crippen molar-refractivity contribution < 1.29 is 45.3 Å². The predicted octanol–water partition coefficient (Wildman–Crippen LogP) is 6.53. The van der Waals surface area contributed by atoms with Gasteiger partial charge in [0, 0.05) is 17.7 Å². The molecule has 1 aromatic carbocycles. The number of rotatable bonds is 12. The molecule has 0 N–H and O–H groups in total. The van der Waals surface area contributed by atoms with Gasteiger partial charge in [-0.05, 0) is 44.4 Å². The van der Waals surface area contributed by atoms with Crippen molar-refractivity contribution in [2.75, 3.05) is 19.8 Å². The molecule has 0 spiro atoms. The van der Waals surface area contributed by atoms with Gasteiger partial charge >= 0.3 is 12.3 Å². The Morgan fingerprint density at radius 3 is 2.57 bits per heavy atom. The van der Waals surface area contributed by atoms with Crippen molar-refractivity contribution in [3.05, 3.63) is 74.2 Å². The molecule has 16 heteroatoms. The van der Waals surface area contributed by atoms with E-state index in [0.717, 1.165) is 36.0 Å². The molecule has 1 fully saturated rings. The van der Waals surface area contributed by atoms with Crippen LogP contribution in [0.4, 0.5) is 26.3 Å². The van der Waals surface area contributed by atoms with Crippen molar-refractivity contribution in [2.24, 2.45) is 0 Å². The number of nitriles is 1. The molecule has 0 bridgehead atoms. The third-order valence-corrected chi connectivity index (χ3v) is 6.84. The molecule has 236 valence electrons. The highest BCUT2D eigenvalue weighted by Gasteiger charge is 2.48. The number of alkyl halides is 6.